The van der Waals surface area contributed by atoms with Crippen LogP contribution in [0, 0.1) is 0 Å². The maximum Gasteiger partial charge on any atom is 0.0406 e. The summed E-state index contributed by atoms with van der Waals surface area (Å²) in [7, 11) is 0. The van der Waals surface area contributed by atoms with Crippen molar-refractivity contribution in [2.45, 2.75) is 105 Å². The van der Waals surface area contributed by atoms with Gasteiger partial charge in [0.15, 0.2) is 0 Å². The van der Waals surface area contributed by atoms with Crippen LogP contribution in [0.3, 0.4) is 0 Å². The Labute approximate surface area is 266 Å². The van der Waals surface area contributed by atoms with Gasteiger partial charge in [-0.3, -0.25) is 0 Å². The molecule has 0 unspecified atom stereocenters. The average Bonchev–Trinajstić information content (AvgIpc) is 3.40. The fourth-order valence-electron chi connectivity index (χ4n) is 6.49. The molecule has 0 saturated carbocycles. The maximum absolute atomic E-state index is 3.82. The topological polar surface area (TPSA) is 0 Å². The van der Waals surface area contributed by atoms with Gasteiger partial charge in [0.05, 0.1) is 0 Å². The molecular formula is C44H48. The van der Waals surface area contributed by atoms with Gasteiger partial charge >= 0.3 is 0 Å². The highest BCUT2D eigenvalue weighted by Gasteiger charge is 2.30. The molecule has 44 heavy (non-hydrogen) atoms. The Morgan fingerprint density at radius 2 is 0.500 bits per heavy atom. The van der Waals surface area contributed by atoms with Crippen molar-refractivity contribution in [3.05, 3.63) is 129 Å². The smallest absolute Gasteiger partial charge is 0.0406 e. The molecule has 2 aliphatic rings. The van der Waals surface area contributed by atoms with E-state index in [0.29, 0.717) is 0 Å². The summed E-state index contributed by atoms with van der Waals surface area (Å²) >= 11 is 0. The second-order valence-electron chi connectivity index (χ2n) is 17.0. The maximum atomic E-state index is 3.82. The fraction of sp³-hybridized carbons (Fsp3) is 0.364. The largest absolute Gasteiger partial charge is 0.0603 e. The molecule has 0 aromatic heterocycles. The van der Waals surface area contributed by atoms with Gasteiger partial charge in [0, 0.05) is 11.1 Å². The number of fused-ring (bicyclic) bond motifs is 6. The summed E-state index contributed by atoms with van der Waals surface area (Å²) in [5.74, 6) is 0. The SMILES string of the molecule is CC(C)(C)c1ccc2c(c1)C(=C=C=C1c3cc(C(C)(C)C)ccc3-c3ccc(C(C)(C)C)cc31)c1cc(C(C)(C)C)ccc1-2. The van der Waals surface area contributed by atoms with Crippen LogP contribution in [0.2, 0.25) is 0 Å². The van der Waals surface area contributed by atoms with Crippen LogP contribution in [0.15, 0.2) is 84.3 Å². The molecular weight excluding hydrogens is 528 g/mol. The molecule has 4 aromatic rings. The van der Waals surface area contributed by atoms with Crippen LogP contribution in [-0.4, -0.2) is 0 Å². The molecule has 0 radical (unpaired) electrons. The van der Waals surface area contributed by atoms with Crippen molar-refractivity contribution in [3.8, 4) is 22.3 Å². The van der Waals surface area contributed by atoms with Crippen LogP contribution in [0.4, 0.5) is 0 Å². The van der Waals surface area contributed by atoms with E-state index in [2.05, 4.69) is 167 Å². The lowest BCUT2D eigenvalue weighted by Crippen LogP contribution is -2.11. The molecule has 0 nitrogen and oxygen atoms in total. The quantitative estimate of drug-likeness (QED) is 0.158. The van der Waals surface area contributed by atoms with Gasteiger partial charge in [0.2, 0.25) is 0 Å². The Bertz CT molecular complexity index is 1660. The zero-order chi connectivity index (χ0) is 32.0. The fourth-order valence-corrected chi connectivity index (χ4v) is 6.49. The molecule has 0 N–H and O–H groups in total. The summed E-state index contributed by atoms with van der Waals surface area (Å²) in [6, 6.07) is 28.1. The van der Waals surface area contributed by atoms with Gasteiger partial charge in [-0.1, -0.05) is 143 Å². The molecule has 0 heteroatoms. The van der Waals surface area contributed by atoms with Gasteiger partial charge in [-0.2, -0.15) is 0 Å². The molecule has 0 bridgehead atoms. The van der Waals surface area contributed by atoms with E-state index < -0.39 is 0 Å². The minimum absolute atomic E-state index is 0.0592. The van der Waals surface area contributed by atoms with Gasteiger partial charge in [-0.25, -0.2) is 0 Å². The Kier molecular flexibility index (Phi) is 6.76. The highest BCUT2D eigenvalue weighted by Crippen LogP contribution is 2.48. The van der Waals surface area contributed by atoms with Crippen molar-refractivity contribution in [2.75, 3.05) is 0 Å². The van der Waals surface area contributed by atoms with Crippen LogP contribution >= 0.6 is 0 Å². The standard InChI is InChI=1S/C44H48/c1-41(2,3)27-13-17-31-32-18-14-28(42(4,5)6)24-38(32)35(37(31)23-27)21-22-36-39-25-29(43(7,8)9)15-19-33(39)34-20-16-30(26-40(34)36)44(10,11)12/h13-20,23-26H,1-12H3. The molecule has 0 atom stereocenters. The minimum Gasteiger partial charge on any atom is -0.0603 e. The van der Waals surface area contributed by atoms with E-state index >= 15 is 0 Å². The number of rotatable bonds is 0. The highest BCUT2D eigenvalue weighted by atomic mass is 14.3. The molecule has 2 aliphatic carbocycles. The van der Waals surface area contributed by atoms with Gasteiger partial charge < -0.3 is 0 Å². The van der Waals surface area contributed by atoms with Crippen molar-refractivity contribution in [1.29, 1.82) is 0 Å². The lowest BCUT2D eigenvalue weighted by molar-refractivity contribution is 0.590. The third-order valence-corrected chi connectivity index (χ3v) is 9.51. The van der Waals surface area contributed by atoms with Crippen molar-refractivity contribution in [2.24, 2.45) is 0 Å². The molecule has 224 valence electrons. The Balaban J connectivity index is 1.71. The van der Waals surface area contributed by atoms with Gasteiger partial charge in [0.1, 0.15) is 0 Å². The Hall–Kier alpha value is -3.82. The van der Waals surface area contributed by atoms with E-state index in [1.807, 2.05) is 0 Å². The van der Waals surface area contributed by atoms with Crippen molar-refractivity contribution in [3.63, 3.8) is 0 Å². The van der Waals surface area contributed by atoms with Crippen molar-refractivity contribution >= 4 is 11.1 Å². The lowest BCUT2D eigenvalue weighted by atomic mass is 9.84. The van der Waals surface area contributed by atoms with Crippen LogP contribution in [0.25, 0.3) is 33.4 Å². The molecule has 0 heterocycles. The third kappa shape index (κ3) is 5.16. The summed E-state index contributed by atoms with van der Waals surface area (Å²) < 4.78 is 0. The van der Waals surface area contributed by atoms with E-state index in [4.69, 9.17) is 0 Å². The van der Waals surface area contributed by atoms with E-state index in [-0.39, 0.29) is 21.7 Å². The first-order valence-corrected chi connectivity index (χ1v) is 16.2. The molecule has 6 rings (SSSR count). The molecule has 0 amide bonds. The first-order chi connectivity index (χ1) is 20.3. The zero-order valence-corrected chi connectivity index (χ0v) is 28.9. The number of hydrogen-bond acceptors (Lipinski definition) is 0. The lowest BCUT2D eigenvalue weighted by Gasteiger charge is -2.20. The minimum atomic E-state index is 0.0592. The normalized spacial score (nSPS) is 14.1. The number of hydrogen-bond donors (Lipinski definition) is 0. The summed E-state index contributed by atoms with van der Waals surface area (Å²) in [6.45, 7) is 27.5. The van der Waals surface area contributed by atoms with Gasteiger partial charge in [-0.05, 0) is 113 Å². The third-order valence-electron chi connectivity index (χ3n) is 9.51. The molecule has 0 saturated heterocycles. The van der Waals surface area contributed by atoms with Crippen molar-refractivity contribution < 1.29 is 0 Å². The van der Waals surface area contributed by atoms with Crippen LogP contribution in [0.1, 0.15) is 128 Å². The second-order valence-corrected chi connectivity index (χ2v) is 17.0. The summed E-state index contributed by atoms with van der Waals surface area (Å²) in [5, 5.41) is 0. The van der Waals surface area contributed by atoms with E-state index in [1.165, 1.54) is 66.8 Å². The first-order valence-electron chi connectivity index (χ1n) is 16.2. The summed E-state index contributed by atoms with van der Waals surface area (Å²) in [4.78, 5) is 0. The van der Waals surface area contributed by atoms with Crippen LogP contribution in [0.5, 0.6) is 0 Å². The average molecular weight is 577 g/mol. The van der Waals surface area contributed by atoms with E-state index in [0.717, 1.165) is 11.1 Å². The Morgan fingerprint density at radius 3 is 0.682 bits per heavy atom. The summed E-state index contributed by atoms with van der Waals surface area (Å²) in [5.41, 5.74) is 25.7. The number of benzene rings is 4. The monoisotopic (exact) mass is 576 g/mol. The predicted molar refractivity (Wildman–Crippen MR) is 191 cm³/mol. The summed E-state index contributed by atoms with van der Waals surface area (Å²) in [6.07, 6.45) is 0. The molecule has 0 aliphatic heterocycles. The van der Waals surface area contributed by atoms with Gasteiger partial charge in [-0.15, -0.1) is 0 Å². The highest BCUT2D eigenvalue weighted by molar-refractivity contribution is 6.04. The predicted octanol–water partition coefficient (Wildman–Crippen LogP) is 12.2. The zero-order valence-electron chi connectivity index (χ0n) is 28.9. The second kappa shape index (κ2) is 9.84. The van der Waals surface area contributed by atoms with E-state index in [9.17, 15) is 0 Å². The van der Waals surface area contributed by atoms with Crippen molar-refractivity contribution in [1.82, 2.24) is 0 Å². The first kappa shape index (κ1) is 30.2. The van der Waals surface area contributed by atoms with Crippen LogP contribution < -0.4 is 0 Å². The molecule has 0 fully saturated rings. The van der Waals surface area contributed by atoms with Gasteiger partial charge in [0.25, 0.3) is 0 Å². The Morgan fingerprint density at radius 1 is 0.295 bits per heavy atom. The van der Waals surface area contributed by atoms with Crippen LogP contribution in [-0.2, 0) is 21.7 Å². The molecule has 4 aromatic carbocycles. The molecule has 0 spiro atoms. The van der Waals surface area contributed by atoms with E-state index in [1.54, 1.807) is 0 Å².